The van der Waals surface area contributed by atoms with Gasteiger partial charge in [0.2, 0.25) is 5.78 Å². The number of hydrogen-bond donors (Lipinski definition) is 0. The molecule has 5 rings (SSSR count). The van der Waals surface area contributed by atoms with E-state index in [0.717, 1.165) is 34.9 Å². The van der Waals surface area contributed by atoms with Crippen LogP contribution in [0.3, 0.4) is 0 Å². The quantitative estimate of drug-likeness (QED) is 0.217. The Morgan fingerprint density at radius 3 is 2.63 bits per heavy atom. The molecule has 0 saturated heterocycles. The average molecular weight is 489 g/mol. The standard InChI is InChI=1S/C27H28N4O3S/c1-5-6-11-30-25(33)19-9-7-8-10-22(19)31-26(30)28-29-27(31)35-15-18-13-24(32)34-23-12-17(4)20(16(2)3)14-21(18)23/h7-10,12-14,16H,5-6,11,15H2,1-4H3. The van der Waals surface area contributed by atoms with Crippen LogP contribution in [0.15, 0.2) is 61.6 Å². The van der Waals surface area contributed by atoms with Crippen LogP contribution in [0.4, 0.5) is 0 Å². The van der Waals surface area contributed by atoms with Gasteiger partial charge in [0.05, 0.1) is 10.9 Å². The molecular weight excluding hydrogens is 460 g/mol. The van der Waals surface area contributed by atoms with Gasteiger partial charge in [-0.1, -0.05) is 51.1 Å². The first-order chi connectivity index (χ1) is 16.9. The number of para-hydroxylation sites is 1. The lowest BCUT2D eigenvalue weighted by Crippen LogP contribution is -2.23. The Balaban J connectivity index is 1.62. The van der Waals surface area contributed by atoms with Crippen LogP contribution in [0.5, 0.6) is 0 Å². The van der Waals surface area contributed by atoms with Crippen molar-refractivity contribution in [2.75, 3.05) is 0 Å². The van der Waals surface area contributed by atoms with Gasteiger partial charge in [-0.3, -0.25) is 13.8 Å². The molecule has 7 nitrogen and oxygen atoms in total. The van der Waals surface area contributed by atoms with Crippen LogP contribution in [0.25, 0.3) is 27.6 Å². The molecule has 2 aromatic carbocycles. The van der Waals surface area contributed by atoms with Crippen LogP contribution in [-0.4, -0.2) is 19.2 Å². The lowest BCUT2D eigenvalue weighted by Gasteiger charge is -2.13. The minimum Gasteiger partial charge on any atom is -0.423 e. The number of rotatable bonds is 7. The van der Waals surface area contributed by atoms with Crippen molar-refractivity contribution >= 4 is 39.4 Å². The predicted octanol–water partition coefficient (Wildman–Crippen LogP) is 5.67. The zero-order chi connectivity index (χ0) is 24.7. The molecule has 0 spiro atoms. The summed E-state index contributed by atoms with van der Waals surface area (Å²) in [5.41, 5.74) is 4.20. The van der Waals surface area contributed by atoms with Crippen LogP contribution in [0, 0.1) is 6.92 Å². The summed E-state index contributed by atoms with van der Waals surface area (Å²) in [5.74, 6) is 1.42. The summed E-state index contributed by atoms with van der Waals surface area (Å²) in [6, 6.07) is 13.2. The van der Waals surface area contributed by atoms with E-state index in [9.17, 15) is 9.59 Å². The molecule has 0 fully saturated rings. The third-order valence-corrected chi connectivity index (χ3v) is 7.39. The molecule has 8 heteroatoms. The van der Waals surface area contributed by atoms with Gasteiger partial charge in [0, 0.05) is 23.8 Å². The highest BCUT2D eigenvalue weighted by Gasteiger charge is 2.18. The van der Waals surface area contributed by atoms with E-state index in [1.165, 1.54) is 17.3 Å². The Kier molecular flexibility index (Phi) is 6.23. The average Bonchev–Trinajstić information content (AvgIpc) is 3.25. The number of aryl methyl sites for hydroxylation is 2. The predicted molar refractivity (Wildman–Crippen MR) is 141 cm³/mol. The summed E-state index contributed by atoms with van der Waals surface area (Å²) in [6.45, 7) is 9.05. The van der Waals surface area contributed by atoms with Gasteiger partial charge in [-0.2, -0.15) is 0 Å². The van der Waals surface area contributed by atoms with E-state index < -0.39 is 0 Å². The second kappa shape index (κ2) is 9.34. The molecule has 0 atom stereocenters. The van der Waals surface area contributed by atoms with Crippen molar-refractivity contribution in [1.29, 1.82) is 0 Å². The molecule has 35 heavy (non-hydrogen) atoms. The maximum atomic E-state index is 13.2. The molecule has 3 aromatic heterocycles. The van der Waals surface area contributed by atoms with E-state index in [1.54, 1.807) is 10.6 Å². The maximum Gasteiger partial charge on any atom is 0.336 e. The molecule has 0 aliphatic carbocycles. The summed E-state index contributed by atoms with van der Waals surface area (Å²) < 4.78 is 9.18. The van der Waals surface area contributed by atoms with Crippen molar-refractivity contribution in [2.45, 2.75) is 63.9 Å². The summed E-state index contributed by atoms with van der Waals surface area (Å²) in [4.78, 5) is 25.5. The number of fused-ring (bicyclic) bond motifs is 4. The van der Waals surface area contributed by atoms with Crippen molar-refractivity contribution in [3.05, 3.63) is 79.9 Å². The first kappa shape index (κ1) is 23.4. The number of nitrogens with zero attached hydrogens (tertiary/aromatic N) is 4. The summed E-state index contributed by atoms with van der Waals surface area (Å²) >= 11 is 1.50. The Hall–Kier alpha value is -3.39. The van der Waals surface area contributed by atoms with Crippen LogP contribution in [0.1, 0.15) is 56.2 Å². The number of benzene rings is 2. The van der Waals surface area contributed by atoms with Gasteiger partial charge in [0.15, 0.2) is 5.16 Å². The Bertz CT molecular complexity index is 1680. The molecule has 0 amide bonds. The second-order valence-electron chi connectivity index (χ2n) is 9.18. The van der Waals surface area contributed by atoms with Crippen molar-refractivity contribution in [1.82, 2.24) is 19.2 Å². The molecule has 0 saturated carbocycles. The minimum absolute atomic E-state index is 0.0475. The second-order valence-corrected chi connectivity index (χ2v) is 10.1. The zero-order valence-electron chi connectivity index (χ0n) is 20.4. The van der Waals surface area contributed by atoms with E-state index >= 15 is 0 Å². The molecule has 5 aromatic rings. The zero-order valence-corrected chi connectivity index (χ0v) is 21.2. The Morgan fingerprint density at radius 1 is 1.06 bits per heavy atom. The molecule has 0 N–H and O–H groups in total. The monoisotopic (exact) mass is 488 g/mol. The first-order valence-electron chi connectivity index (χ1n) is 12.0. The molecule has 3 heterocycles. The number of hydrogen-bond acceptors (Lipinski definition) is 6. The summed E-state index contributed by atoms with van der Waals surface area (Å²) in [6.07, 6.45) is 1.86. The molecule has 0 bridgehead atoms. The van der Waals surface area contributed by atoms with E-state index in [1.807, 2.05) is 41.7 Å². The Labute approximate surface area is 206 Å². The maximum absolute atomic E-state index is 13.2. The van der Waals surface area contributed by atoms with Gasteiger partial charge < -0.3 is 4.42 Å². The minimum atomic E-state index is -0.366. The largest absolute Gasteiger partial charge is 0.423 e. The number of unbranched alkanes of at least 4 members (excludes halogenated alkanes) is 1. The van der Waals surface area contributed by atoms with Gasteiger partial charge in [-0.15, -0.1) is 10.2 Å². The highest BCUT2D eigenvalue weighted by atomic mass is 32.2. The number of aromatic nitrogens is 4. The highest BCUT2D eigenvalue weighted by Crippen LogP contribution is 2.31. The van der Waals surface area contributed by atoms with Crippen molar-refractivity contribution in [2.24, 2.45) is 0 Å². The van der Waals surface area contributed by atoms with Crippen molar-refractivity contribution in [3.8, 4) is 0 Å². The Morgan fingerprint density at radius 2 is 1.86 bits per heavy atom. The SMILES string of the molecule is CCCCn1c(=O)c2ccccc2n2c(SCc3cc(=O)oc4cc(C)c(C(C)C)cc34)nnc12. The lowest BCUT2D eigenvalue weighted by molar-refractivity contribution is 0.559. The molecular formula is C27H28N4O3S. The highest BCUT2D eigenvalue weighted by molar-refractivity contribution is 7.98. The normalized spacial score (nSPS) is 11.9. The van der Waals surface area contributed by atoms with Crippen molar-refractivity contribution in [3.63, 3.8) is 0 Å². The van der Waals surface area contributed by atoms with Gasteiger partial charge >= 0.3 is 5.63 Å². The fourth-order valence-corrected chi connectivity index (χ4v) is 5.55. The van der Waals surface area contributed by atoms with Crippen LogP contribution in [0.2, 0.25) is 0 Å². The van der Waals surface area contributed by atoms with Crippen LogP contribution in [-0.2, 0) is 12.3 Å². The van der Waals surface area contributed by atoms with Gasteiger partial charge in [0.1, 0.15) is 5.58 Å². The fraction of sp³-hybridized carbons (Fsp3) is 0.333. The summed E-state index contributed by atoms with van der Waals surface area (Å²) in [7, 11) is 0. The third kappa shape index (κ3) is 4.16. The van der Waals surface area contributed by atoms with Crippen molar-refractivity contribution < 1.29 is 4.42 Å². The fourth-order valence-electron chi connectivity index (χ4n) is 4.62. The molecule has 0 aliphatic rings. The topological polar surface area (TPSA) is 82.4 Å². The van der Waals surface area contributed by atoms with E-state index in [2.05, 4.69) is 37.0 Å². The number of thioether (sulfide) groups is 1. The van der Waals surface area contributed by atoms with E-state index in [4.69, 9.17) is 4.42 Å². The molecule has 180 valence electrons. The van der Waals surface area contributed by atoms with E-state index in [-0.39, 0.29) is 11.2 Å². The lowest BCUT2D eigenvalue weighted by atomic mass is 9.95. The smallest absolute Gasteiger partial charge is 0.336 e. The molecule has 0 unspecified atom stereocenters. The van der Waals surface area contributed by atoms with Crippen LogP contribution < -0.4 is 11.2 Å². The van der Waals surface area contributed by atoms with Gasteiger partial charge in [0.25, 0.3) is 5.56 Å². The first-order valence-corrected chi connectivity index (χ1v) is 12.9. The molecule has 0 radical (unpaired) electrons. The van der Waals surface area contributed by atoms with E-state index in [0.29, 0.717) is 40.1 Å². The molecule has 0 aliphatic heterocycles. The third-order valence-electron chi connectivity index (χ3n) is 6.41. The van der Waals surface area contributed by atoms with Gasteiger partial charge in [-0.05, 0) is 60.2 Å². The van der Waals surface area contributed by atoms with Crippen LogP contribution >= 0.6 is 11.8 Å². The van der Waals surface area contributed by atoms with Gasteiger partial charge in [-0.25, -0.2) is 4.79 Å². The summed E-state index contributed by atoms with van der Waals surface area (Å²) in [5, 5.41) is 11.1.